The van der Waals surface area contributed by atoms with Gasteiger partial charge in [-0.1, -0.05) is 6.08 Å². The zero-order valence-electron chi connectivity index (χ0n) is 21.1. The third kappa shape index (κ3) is 4.44. The van der Waals surface area contributed by atoms with E-state index in [1.165, 1.54) is 37.0 Å². The summed E-state index contributed by atoms with van der Waals surface area (Å²) in [5, 5.41) is 4.29. The molecule has 0 bridgehead atoms. The third-order valence-electron chi connectivity index (χ3n) is 7.78. The highest BCUT2D eigenvalue weighted by Crippen LogP contribution is 2.45. The summed E-state index contributed by atoms with van der Waals surface area (Å²) in [7, 11) is 2.00. The number of nitrogens with zero attached hydrogens (tertiary/aromatic N) is 5. The molecule has 3 N–H and O–H groups in total. The molecule has 0 atom stereocenters. The second-order valence-corrected chi connectivity index (χ2v) is 10.2. The van der Waals surface area contributed by atoms with Crippen LogP contribution in [0.5, 0.6) is 11.8 Å². The average molecular weight is 500 g/mol. The number of anilines is 1. The molecule has 1 spiro atoms. The molecule has 1 fully saturated rings. The molecule has 8 nitrogen and oxygen atoms in total. The molecular formula is C28H30FN7O. The van der Waals surface area contributed by atoms with Crippen molar-refractivity contribution in [2.75, 3.05) is 18.8 Å². The van der Waals surface area contributed by atoms with Crippen LogP contribution in [0.2, 0.25) is 0 Å². The molecule has 1 aromatic carbocycles. The maximum absolute atomic E-state index is 14.9. The minimum Gasteiger partial charge on any atom is -0.421 e. The van der Waals surface area contributed by atoms with E-state index in [1.54, 1.807) is 18.3 Å². The van der Waals surface area contributed by atoms with Crippen LogP contribution in [0.15, 0.2) is 42.6 Å². The van der Waals surface area contributed by atoms with Gasteiger partial charge in [-0.3, -0.25) is 0 Å². The average Bonchev–Trinajstić information content (AvgIpc) is 3.23. The maximum Gasteiger partial charge on any atom is 0.322 e. The van der Waals surface area contributed by atoms with Gasteiger partial charge in [-0.2, -0.15) is 0 Å². The Kier molecular flexibility index (Phi) is 5.87. The number of halogens is 1. The van der Waals surface area contributed by atoms with Crippen LogP contribution in [0, 0.1) is 18.2 Å². The van der Waals surface area contributed by atoms with Crippen molar-refractivity contribution in [3.05, 3.63) is 59.8 Å². The molecule has 2 aliphatic rings. The summed E-state index contributed by atoms with van der Waals surface area (Å²) in [4.78, 5) is 17.5. The highest BCUT2D eigenvalue weighted by molar-refractivity contribution is 5.92. The van der Waals surface area contributed by atoms with E-state index in [2.05, 4.69) is 37.0 Å². The zero-order valence-corrected chi connectivity index (χ0v) is 21.1. The van der Waals surface area contributed by atoms with Crippen LogP contribution >= 0.6 is 0 Å². The molecule has 1 aliphatic heterocycles. The van der Waals surface area contributed by atoms with Crippen LogP contribution < -0.4 is 15.8 Å². The second kappa shape index (κ2) is 9.23. The van der Waals surface area contributed by atoms with Gasteiger partial charge in [-0.05, 0) is 93.4 Å². The van der Waals surface area contributed by atoms with Crippen LogP contribution in [0.4, 0.5) is 10.2 Å². The molecular weight excluding hydrogens is 469 g/mol. The van der Waals surface area contributed by atoms with Crippen molar-refractivity contribution in [3.63, 3.8) is 0 Å². The topological polar surface area (TPSA) is 104 Å². The molecule has 4 heterocycles. The number of nitrogens with two attached hydrogens (primary N) is 1. The molecule has 0 unspecified atom stereocenters. The number of hydrogen-bond acceptors (Lipinski definition) is 7. The lowest BCUT2D eigenvalue weighted by molar-refractivity contribution is 0.184. The van der Waals surface area contributed by atoms with Gasteiger partial charge in [0.2, 0.25) is 0 Å². The lowest BCUT2D eigenvalue weighted by Crippen LogP contribution is -2.37. The van der Waals surface area contributed by atoms with Crippen molar-refractivity contribution in [1.29, 1.82) is 0 Å². The molecule has 1 saturated heterocycles. The van der Waals surface area contributed by atoms with Gasteiger partial charge in [0.1, 0.15) is 11.5 Å². The maximum atomic E-state index is 14.9. The van der Waals surface area contributed by atoms with Crippen LogP contribution in [0.3, 0.4) is 0 Å². The second-order valence-electron chi connectivity index (χ2n) is 10.2. The summed E-state index contributed by atoms with van der Waals surface area (Å²) in [5.41, 5.74) is 11.2. The van der Waals surface area contributed by atoms with Crippen LogP contribution in [-0.4, -0.2) is 37.6 Å². The molecule has 0 saturated carbocycles. The number of allylic oxidation sites excluding steroid dienone is 2. The molecule has 37 heavy (non-hydrogen) atoms. The van der Waals surface area contributed by atoms with Gasteiger partial charge in [0, 0.05) is 30.2 Å². The first kappa shape index (κ1) is 23.5. The first-order chi connectivity index (χ1) is 17.9. The number of nitrogen functional groups attached to an aromatic ring is 1. The van der Waals surface area contributed by atoms with Gasteiger partial charge >= 0.3 is 6.01 Å². The van der Waals surface area contributed by atoms with Crippen molar-refractivity contribution in [3.8, 4) is 23.1 Å². The Morgan fingerprint density at radius 1 is 1.08 bits per heavy atom. The van der Waals surface area contributed by atoms with Crippen molar-refractivity contribution in [2.24, 2.45) is 12.5 Å². The fraction of sp³-hybridized carbons (Fsp3) is 0.357. The Morgan fingerprint density at radius 2 is 1.92 bits per heavy atom. The normalized spacial score (nSPS) is 17.2. The predicted octanol–water partition coefficient (Wildman–Crippen LogP) is 5.18. The summed E-state index contributed by atoms with van der Waals surface area (Å²) < 4.78 is 22.5. The molecule has 3 aromatic heterocycles. The first-order valence-electron chi connectivity index (χ1n) is 12.7. The number of rotatable bonds is 4. The number of ether oxygens (including phenoxy) is 1. The summed E-state index contributed by atoms with van der Waals surface area (Å²) in [6.45, 7) is 4.04. The number of nitrogens with one attached hydrogen (secondary N) is 1. The van der Waals surface area contributed by atoms with Crippen molar-refractivity contribution < 1.29 is 9.13 Å². The SMILES string of the molecule is Cc1ccnc(Oc2ccc(-c3nc(N)c4cc(C5=CCC6(CCNCC6)CC5)n(C)c4n3)cc2F)n1. The quantitative estimate of drug-likeness (QED) is 0.398. The van der Waals surface area contributed by atoms with Crippen LogP contribution in [0.25, 0.3) is 28.0 Å². The van der Waals surface area contributed by atoms with Gasteiger partial charge in [0.05, 0.1) is 5.39 Å². The Balaban J connectivity index is 1.30. The van der Waals surface area contributed by atoms with E-state index in [-0.39, 0.29) is 11.8 Å². The number of benzene rings is 1. The fourth-order valence-electron chi connectivity index (χ4n) is 5.54. The van der Waals surface area contributed by atoms with E-state index in [9.17, 15) is 4.39 Å². The predicted molar refractivity (Wildman–Crippen MR) is 142 cm³/mol. The van der Waals surface area contributed by atoms with E-state index in [1.807, 2.05) is 14.0 Å². The van der Waals surface area contributed by atoms with E-state index in [4.69, 9.17) is 15.5 Å². The monoisotopic (exact) mass is 499 g/mol. The minimum absolute atomic E-state index is 0.0281. The third-order valence-corrected chi connectivity index (χ3v) is 7.78. The van der Waals surface area contributed by atoms with Crippen molar-refractivity contribution in [2.45, 2.75) is 39.0 Å². The zero-order chi connectivity index (χ0) is 25.6. The molecule has 0 amide bonds. The summed E-state index contributed by atoms with van der Waals surface area (Å²) in [5.74, 6) is 0.209. The van der Waals surface area contributed by atoms with E-state index in [0.29, 0.717) is 22.6 Å². The smallest absolute Gasteiger partial charge is 0.322 e. The Morgan fingerprint density at radius 3 is 2.65 bits per heavy atom. The van der Waals surface area contributed by atoms with Gasteiger partial charge in [0.25, 0.3) is 0 Å². The first-order valence-corrected chi connectivity index (χ1v) is 12.7. The van der Waals surface area contributed by atoms with E-state index >= 15 is 0 Å². The molecule has 0 radical (unpaired) electrons. The number of aromatic nitrogens is 5. The molecule has 6 rings (SSSR count). The van der Waals surface area contributed by atoms with E-state index < -0.39 is 5.82 Å². The minimum atomic E-state index is -0.559. The van der Waals surface area contributed by atoms with Crippen LogP contribution in [0.1, 0.15) is 43.5 Å². The fourth-order valence-corrected chi connectivity index (χ4v) is 5.54. The lowest BCUT2D eigenvalue weighted by atomic mass is 9.69. The highest BCUT2D eigenvalue weighted by Gasteiger charge is 2.34. The van der Waals surface area contributed by atoms with Gasteiger partial charge in [-0.15, -0.1) is 0 Å². The van der Waals surface area contributed by atoms with Crippen molar-refractivity contribution >= 4 is 22.4 Å². The molecule has 4 aromatic rings. The molecule has 9 heteroatoms. The Bertz CT molecular complexity index is 1520. The number of aryl methyl sites for hydroxylation is 2. The lowest BCUT2D eigenvalue weighted by Gasteiger charge is -2.40. The largest absolute Gasteiger partial charge is 0.421 e. The molecule has 190 valence electrons. The number of fused-ring (bicyclic) bond motifs is 1. The van der Waals surface area contributed by atoms with Crippen LogP contribution in [-0.2, 0) is 7.05 Å². The van der Waals surface area contributed by atoms with Gasteiger partial charge < -0.3 is 20.4 Å². The summed E-state index contributed by atoms with van der Waals surface area (Å²) >= 11 is 0. The highest BCUT2D eigenvalue weighted by atomic mass is 19.1. The summed E-state index contributed by atoms with van der Waals surface area (Å²) in [6.07, 6.45) is 9.81. The number of piperidine rings is 1. The van der Waals surface area contributed by atoms with Crippen molar-refractivity contribution in [1.82, 2.24) is 29.8 Å². The van der Waals surface area contributed by atoms with Gasteiger partial charge in [0.15, 0.2) is 17.4 Å². The van der Waals surface area contributed by atoms with E-state index in [0.717, 1.165) is 48.4 Å². The Labute approximate surface area is 214 Å². The Hall–Kier alpha value is -3.85. The van der Waals surface area contributed by atoms with Gasteiger partial charge in [-0.25, -0.2) is 24.3 Å². The summed E-state index contributed by atoms with van der Waals surface area (Å²) in [6, 6.07) is 8.50. The molecule has 1 aliphatic carbocycles. The standard InChI is InChI=1S/C28H30FN7O/c1-17-7-12-32-27(33-17)37-23-4-3-19(15-21(23)29)25-34-24(30)20-16-22(36(2)26(20)35-25)18-5-8-28(9-6-18)10-13-31-14-11-28/h3-5,7,12,15-16,31H,6,8-11,13-14H2,1-2H3,(H2,30,34,35). The number of hydrogen-bond donors (Lipinski definition) is 2.